The molecule has 4 aliphatic rings. The third kappa shape index (κ3) is 4.22. The van der Waals surface area contributed by atoms with E-state index in [0.29, 0.717) is 0 Å². The largest absolute Gasteiger partial charge is 0.300 e. The first-order valence-corrected chi connectivity index (χ1v) is 9.70. The van der Waals surface area contributed by atoms with Crippen LogP contribution in [0.2, 0.25) is 0 Å². The number of hydrogen-bond donors (Lipinski definition) is 0. The van der Waals surface area contributed by atoms with E-state index in [1.165, 1.54) is 84.0 Å². The highest BCUT2D eigenvalue weighted by Gasteiger charge is 2.29. The van der Waals surface area contributed by atoms with Crippen LogP contribution < -0.4 is 0 Å². The van der Waals surface area contributed by atoms with Crippen LogP contribution in [0.15, 0.2) is 0 Å². The summed E-state index contributed by atoms with van der Waals surface area (Å²) in [7, 11) is 0. The average molecular weight is 293 g/mol. The fraction of sp³-hybridized carbons (Fsp3) is 1.00. The van der Waals surface area contributed by atoms with Gasteiger partial charge in [0.1, 0.15) is 0 Å². The van der Waals surface area contributed by atoms with Crippen LogP contribution in [0.25, 0.3) is 0 Å². The van der Waals surface area contributed by atoms with Crippen LogP contribution in [0.4, 0.5) is 0 Å². The molecular weight excluding hydrogens is 256 g/mol. The summed E-state index contributed by atoms with van der Waals surface area (Å²) >= 11 is 0. The molecule has 21 heavy (non-hydrogen) atoms. The molecule has 2 heteroatoms. The summed E-state index contributed by atoms with van der Waals surface area (Å²) in [6, 6.07) is 1.94. The lowest BCUT2D eigenvalue weighted by molar-refractivity contribution is 0.0839. The van der Waals surface area contributed by atoms with Crippen molar-refractivity contribution < 1.29 is 0 Å². The monoisotopic (exact) mass is 292 g/mol. The van der Waals surface area contributed by atoms with Crippen molar-refractivity contribution in [2.75, 3.05) is 26.2 Å². The van der Waals surface area contributed by atoms with E-state index < -0.39 is 0 Å². The minimum atomic E-state index is 0.965. The molecule has 0 amide bonds. The molecule has 4 aliphatic heterocycles. The van der Waals surface area contributed by atoms with Gasteiger partial charge in [-0.2, -0.15) is 0 Å². The molecule has 4 atom stereocenters. The van der Waals surface area contributed by atoms with Crippen molar-refractivity contribution in [3.05, 3.63) is 0 Å². The maximum absolute atomic E-state index is 2.71. The molecule has 4 rings (SSSR count). The Hall–Kier alpha value is -0.0800. The molecule has 4 saturated heterocycles. The second-order valence-electron chi connectivity index (χ2n) is 8.28. The van der Waals surface area contributed by atoms with Gasteiger partial charge in [0.25, 0.3) is 0 Å². The molecule has 0 aromatic carbocycles. The van der Waals surface area contributed by atoms with Crippen LogP contribution in [0.3, 0.4) is 0 Å². The van der Waals surface area contributed by atoms with E-state index in [2.05, 4.69) is 23.6 Å². The van der Waals surface area contributed by atoms with Gasteiger partial charge < -0.3 is 9.80 Å². The minimum Gasteiger partial charge on any atom is -0.300 e. The standard InChI is InChI=1S/C10H19N.C9H17N/c1-9-5-7-11-6-3-2-4-10(11)8-9;1-8-4-6-10-5-2-3-9(10)7-8/h9-10H,2-8H2,1H3;8-9H,2-7H2,1H3. The predicted octanol–water partition coefficient (Wildman–Crippen LogP) is 4.15. The third-order valence-corrected chi connectivity index (χ3v) is 6.42. The Bertz CT molecular complexity index is 317. The van der Waals surface area contributed by atoms with E-state index in [1.54, 1.807) is 0 Å². The molecule has 0 aromatic rings. The Labute approximate surface area is 132 Å². The molecule has 4 fully saturated rings. The molecular formula is C19H36N2. The van der Waals surface area contributed by atoms with Gasteiger partial charge in [-0.05, 0) is 89.4 Å². The fourth-order valence-corrected chi connectivity index (χ4v) is 5.01. The van der Waals surface area contributed by atoms with Crippen molar-refractivity contribution in [1.29, 1.82) is 0 Å². The number of piperidine rings is 3. The fourth-order valence-electron chi connectivity index (χ4n) is 5.01. The first-order valence-electron chi connectivity index (χ1n) is 9.70. The Kier molecular flexibility index (Phi) is 5.61. The molecule has 0 aliphatic carbocycles. The summed E-state index contributed by atoms with van der Waals surface area (Å²) in [4.78, 5) is 5.39. The van der Waals surface area contributed by atoms with Gasteiger partial charge >= 0.3 is 0 Å². The molecule has 4 unspecified atom stereocenters. The normalized spacial score (nSPS) is 40.9. The van der Waals surface area contributed by atoms with E-state index >= 15 is 0 Å². The quantitative estimate of drug-likeness (QED) is 0.662. The van der Waals surface area contributed by atoms with Gasteiger partial charge in [0, 0.05) is 12.1 Å². The molecule has 0 aromatic heterocycles. The SMILES string of the molecule is CC1CCN2CCCC2C1.CC1CCN2CCCCC2C1. The van der Waals surface area contributed by atoms with Crippen molar-refractivity contribution >= 4 is 0 Å². The number of nitrogens with zero attached hydrogens (tertiary/aromatic N) is 2. The summed E-state index contributed by atoms with van der Waals surface area (Å²) < 4.78 is 0. The Morgan fingerprint density at radius 1 is 0.571 bits per heavy atom. The highest BCUT2D eigenvalue weighted by molar-refractivity contribution is 4.85. The molecule has 0 spiro atoms. The lowest BCUT2D eigenvalue weighted by Gasteiger charge is -2.41. The maximum atomic E-state index is 2.71. The van der Waals surface area contributed by atoms with Crippen molar-refractivity contribution in [3.63, 3.8) is 0 Å². The average Bonchev–Trinajstić information content (AvgIpc) is 2.95. The van der Waals surface area contributed by atoms with Gasteiger partial charge in [0.15, 0.2) is 0 Å². The summed E-state index contributed by atoms with van der Waals surface area (Å²) in [6.45, 7) is 10.3. The second kappa shape index (κ2) is 7.46. The van der Waals surface area contributed by atoms with Gasteiger partial charge in [-0.15, -0.1) is 0 Å². The highest BCUT2D eigenvalue weighted by Crippen LogP contribution is 2.30. The molecule has 4 heterocycles. The summed E-state index contributed by atoms with van der Waals surface area (Å²) in [5, 5.41) is 0. The van der Waals surface area contributed by atoms with E-state index in [4.69, 9.17) is 0 Å². The van der Waals surface area contributed by atoms with Crippen molar-refractivity contribution in [2.45, 2.75) is 83.7 Å². The van der Waals surface area contributed by atoms with E-state index in [-0.39, 0.29) is 0 Å². The zero-order valence-electron chi connectivity index (χ0n) is 14.4. The first-order chi connectivity index (χ1) is 10.2. The topological polar surface area (TPSA) is 6.48 Å². The zero-order chi connectivity index (χ0) is 14.7. The Morgan fingerprint density at radius 3 is 1.71 bits per heavy atom. The van der Waals surface area contributed by atoms with Crippen LogP contribution in [0, 0.1) is 11.8 Å². The summed E-state index contributed by atoms with van der Waals surface area (Å²) in [5.41, 5.74) is 0. The summed E-state index contributed by atoms with van der Waals surface area (Å²) in [5.74, 6) is 1.99. The van der Waals surface area contributed by atoms with Gasteiger partial charge in [0.2, 0.25) is 0 Å². The van der Waals surface area contributed by atoms with E-state index in [9.17, 15) is 0 Å². The first kappa shape index (κ1) is 15.8. The van der Waals surface area contributed by atoms with Gasteiger partial charge in [-0.25, -0.2) is 0 Å². The number of hydrogen-bond acceptors (Lipinski definition) is 2. The third-order valence-electron chi connectivity index (χ3n) is 6.42. The van der Waals surface area contributed by atoms with Crippen LogP contribution >= 0.6 is 0 Å². The van der Waals surface area contributed by atoms with Crippen molar-refractivity contribution in [2.24, 2.45) is 11.8 Å². The number of fused-ring (bicyclic) bond motifs is 2. The van der Waals surface area contributed by atoms with Crippen LogP contribution in [-0.4, -0.2) is 48.1 Å². The van der Waals surface area contributed by atoms with Gasteiger partial charge in [-0.1, -0.05) is 20.3 Å². The van der Waals surface area contributed by atoms with Crippen LogP contribution in [-0.2, 0) is 0 Å². The van der Waals surface area contributed by atoms with Crippen molar-refractivity contribution in [3.8, 4) is 0 Å². The predicted molar refractivity (Wildman–Crippen MR) is 90.6 cm³/mol. The minimum absolute atomic E-state index is 0.965. The van der Waals surface area contributed by atoms with E-state index in [1.807, 2.05) is 0 Å². The van der Waals surface area contributed by atoms with E-state index in [0.717, 1.165) is 23.9 Å². The van der Waals surface area contributed by atoms with Crippen LogP contribution in [0.5, 0.6) is 0 Å². The second-order valence-corrected chi connectivity index (χ2v) is 8.28. The zero-order valence-corrected chi connectivity index (χ0v) is 14.4. The molecule has 0 N–H and O–H groups in total. The molecule has 0 bridgehead atoms. The lowest BCUT2D eigenvalue weighted by Crippen LogP contribution is -2.44. The maximum Gasteiger partial charge on any atom is 0.00982 e. The summed E-state index contributed by atoms with van der Waals surface area (Å²) in [6.07, 6.45) is 13.2. The lowest BCUT2D eigenvalue weighted by atomic mass is 9.87. The van der Waals surface area contributed by atoms with Crippen LogP contribution in [0.1, 0.15) is 71.6 Å². The van der Waals surface area contributed by atoms with Gasteiger partial charge in [-0.3, -0.25) is 0 Å². The Morgan fingerprint density at radius 2 is 1.10 bits per heavy atom. The smallest absolute Gasteiger partial charge is 0.00982 e. The molecule has 0 radical (unpaired) electrons. The number of rotatable bonds is 0. The van der Waals surface area contributed by atoms with Gasteiger partial charge in [0.05, 0.1) is 0 Å². The highest BCUT2D eigenvalue weighted by atomic mass is 15.2. The molecule has 122 valence electrons. The molecule has 2 nitrogen and oxygen atoms in total. The van der Waals surface area contributed by atoms with Crippen molar-refractivity contribution in [1.82, 2.24) is 9.80 Å². The molecule has 0 saturated carbocycles. The Balaban J connectivity index is 0.000000126.